The van der Waals surface area contributed by atoms with Crippen LogP contribution in [0.25, 0.3) is 0 Å². The molecule has 0 aliphatic rings. The van der Waals surface area contributed by atoms with Gasteiger partial charge in [0.05, 0.1) is 9.95 Å². The van der Waals surface area contributed by atoms with Crippen LogP contribution in [0.4, 0.5) is 5.69 Å². The zero-order chi connectivity index (χ0) is 14.0. The second kappa shape index (κ2) is 5.73. The molecule has 1 aromatic heterocycles. The average molecular weight is 364 g/mol. The summed E-state index contributed by atoms with van der Waals surface area (Å²) in [5.74, 6) is 0.407. The summed E-state index contributed by atoms with van der Waals surface area (Å²) >= 11 is 15.1. The largest absolute Gasteiger partial charge is 0.436 e. The lowest BCUT2D eigenvalue weighted by Crippen LogP contribution is -1.92. The normalized spacial score (nSPS) is 10.3. The van der Waals surface area contributed by atoms with Gasteiger partial charge >= 0.3 is 0 Å². The van der Waals surface area contributed by atoms with Gasteiger partial charge in [0.25, 0.3) is 5.69 Å². The van der Waals surface area contributed by atoms with E-state index in [1.54, 1.807) is 6.07 Å². The van der Waals surface area contributed by atoms with E-state index in [2.05, 4.69) is 20.9 Å². The van der Waals surface area contributed by atoms with E-state index in [0.29, 0.717) is 9.50 Å². The van der Waals surface area contributed by atoms with E-state index < -0.39 is 4.92 Å². The average Bonchev–Trinajstić information content (AvgIpc) is 2.34. The molecule has 8 heteroatoms. The molecule has 0 radical (unpaired) electrons. The second-order valence-electron chi connectivity index (χ2n) is 3.41. The molecule has 0 unspecified atom stereocenters. The van der Waals surface area contributed by atoms with E-state index in [4.69, 9.17) is 27.9 Å². The Morgan fingerprint density at radius 2 is 2.00 bits per heavy atom. The summed E-state index contributed by atoms with van der Waals surface area (Å²) in [5, 5.41) is 11.0. The molecule has 0 aliphatic carbocycles. The van der Waals surface area contributed by atoms with Crippen LogP contribution in [-0.2, 0) is 0 Å². The number of hydrogen-bond donors (Lipinski definition) is 0. The third-order valence-electron chi connectivity index (χ3n) is 2.11. The van der Waals surface area contributed by atoms with E-state index >= 15 is 0 Å². The van der Waals surface area contributed by atoms with Crippen molar-refractivity contribution in [3.8, 4) is 11.6 Å². The molecular formula is C11H5BrCl2N2O3. The van der Waals surface area contributed by atoms with Crippen LogP contribution in [0.15, 0.2) is 34.9 Å². The van der Waals surface area contributed by atoms with Gasteiger partial charge in [-0.15, -0.1) is 0 Å². The lowest BCUT2D eigenvalue weighted by Gasteiger charge is -2.07. The fraction of sp³-hybridized carbons (Fsp3) is 0. The van der Waals surface area contributed by atoms with Crippen LogP contribution in [-0.4, -0.2) is 9.91 Å². The Labute approximate surface area is 126 Å². The van der Waals surface area contributed by atoms with Gasteiger partial charge in [-0.3, -0.25) is 10.1 Å². The highest BCUT2D eigenvalue weighted by Crippen LogP contribution is 2.34. The Morgan fingerprint density at radius 3 is 2.58 bits per heavy atom. The van der Waals surface area contributed by atoms with Gasteiger partial charge in [-0.2, -0.15) is 0 Å². The number of nitro benzene ring substituents is 1. The first-order valence-electron chi connectivity index (χ1n) is 4.90. The molecule has 2 rings (SSSR count). The Kier molecular flexibility index (Phi) is 4.24. The van der Waals surface area contributed by atoms with Crippen molar-refractivity contribution < 1.29 is 9.66 Å². The lowest BCUT2D eigenvalue weighted by molar-refractivity contribution is -0.384. The maximum absolute atomic E-state index is 10.6. The zero-order valence-electron chi connectivity index (χ0n) is 9.14. The zero-order valence-corrected chi connectivity index (χ0v) is 12.2. The van der Waals surface area contributed by atoms with Crippen molar-refractivity contribution in [1.29, 1.82) is 0 Å². The van der Waals surface area contributed by atoms with Gasteiger partial charge < -0.3 is 4.74 Å². The smallest absolute Gasteiger partial charge is 0.271 e. The Balaban J connectivity index is 2.31. The highest BCUT2D eigenvalue weighted by Gasteiger charge is 2.13. The van der Waals surface area contributed by atoms with Crippen molar-refractivity contribution in [3.05, 3.63) is 55.1 Å². The third kappa shape index (κ3) is 3.34. The van der Waals surface area contributed by atoms with Crippen LogP contribution in [0, 0.1) is 10.1 Å². The van der Waals surface area contributed by atoms with E-state index in [1.165, 1.54) is 24.4 Å². The molecule has 2 aromatic rings. The fourth-order valence-corrected chi connectivity index (χ4v) is 2.15. The van der Waals surface area contributed by atoms with Crippen LogP contribution in [0.5, 0.6) is 11.6 Å². The van der Waals surface area contributed by atoms with Crippen molar-refractivity contribution in [2.24, 2.45) is 0 Å². The van der Waals surface area contributed by atoms with Crippen LogP contribution < -0.4 is 4.74 Å². The molecule has 0 spiro atoms. The standard InChI is InChI=1S/C11H5BrCl2N2O3/c12-6-3-9(14)11(15-5-6)19-10-2-1-7(16(17)18)4-8(10)13/h1-5H. The van der Waals surface area contributed by atoms with Crippen molar-refractivity contribution in [2.45, 2.75) is 0 Å². The molecule has 0 N–H and O–H groups in total. The van der Waals surface area contributed by atoms with Gasteiger partial charge in [-0.05, 0) is 28.1 Å². The number of ether oxygens (including phenoxy) is 1. The van der Waals surface area contributed by atoms with Crippen LogP contribution in [0.2, 0.25) is 10.0 Å². The lowest BCUT2D eigenvalue weighted by atomic mass is 10.3. The van der Waals surface area contributed by atoms with Crippen molar-refractivity contribution in [1.82, 2.24) is 4.98 Å². The number of aromatic nitrogens is 1. The Bertz CT molecular complexity index is 652. The Hall–Kier alpha value is -1.37. The van der Waals surface area contributed by atoms with E-state index in [0.717, 1.165) is 0 Å². The third-order valence-corrected chi connectivity index (χ3v) is 3.11. The molecule has 98 valence electrons. The minimum Gasteiger partial charge on any atom is -0.436 e. The molecule has 0 bridgehead atoms. The number of non-ortho nitro benzene ring substituents is 1. The second-order valence-corrected chi connectivity index (χ2v) is 5.14. The molecule has 19 heavy (non-hydrogen) atoms. The molecule has 1 aromatic carbocycles. The van der Waals surface area contributed by atoms with Crippen molar-refractivity contribution in [3.63, 3.8) is 0 Å². The number of pyridine rings is 1. The number of halogens is 3. The van der Waals surface area contributed by atoms with Crippen LogP contribution in [0.3, 0.4) is 0 Å². The number of nitro groups is 1. The van der Waals surface area contributed by atoms with Gasteiger partial charge in [0.1, 0.15) is 10.8 Å². The molecular weight excluding hydrogens is 359 g/mol. The predicted octanol–water partition coefficient (Wildman–Crippen LogP) is 4.85. The van der Waals surface area contributed by atoms with Crippen LogP contribution in [0.1, 0.15) is 0 Å². The van der Waals surface area contributed by atoms with Gasteiger partial charge in [0.2, 0.25) is 5.88 Å². The summed E-state index contributed by atoms with van der Waals surface area (Å²) in [6, 6.07) is 5.49. The summed E-state index contributed by atoms with van der Waals surface area (Å²) in [6.07, 6.45) is 1.51. The molecule has 0 aliphatic heterocycles. The summed E-state index contributed by atoms with van der Waals surface area (Å²) in [6.45, 7) is 0. The summed E-state index contributed by atoms with van der Waals surface area (Å²) in [5.41, 5.74) is -0.118. The van der Waals surface area contributed by atoms with Gasteiger partial charge in [-0.1, -0.05) is 23.2 Å². The monoisotopic (exact) mass is 362 g/mol. The highest BCUT2D eigenvalue weighted by atomic mass is 79.9. The molecule has 1 heterocycles. The highest BCUT2D eigenvalue weighted by molar-refractivity contribution is 9.10. The van der Waals surface area contributed by atoms with Gasteiger partial charge in [0.15, 0.2) is 0 Å². The van der Waals surface area contributed by atoms with Gasteiger partial charge in [0, 0.05) is 22.8 Å². The molecule has 5 nitrogen and oxygen atoms in total. The molecule has 0 amide bonds. The number of rotatable bonds is 3. The van der Waals surface area contributed by atoms with Gasteiger partial charge in [-0.25, -0.2) is 4.98 Å². The van der Waals surface area contributed by atoms with E-state index in [-0.39, 0.29) is 22.3 Å². The van der Waals surface area contributed by atoms with Crippen molar-refractivity contribution in [2.75, 3.05) is 0 Å². The summed E-state index contributed by atoms with van der Waals surface area (Å²) in [4.78, 5) is 14.0. The van der Waals surface area contributed by atoms with Crippen molar-refractivity contribution >= 4 is 44.8 Å². The first kappa shape index (κ1) is 14.0. The molecule has 0 fully saturated rings. The topological polar surface area (TPSA) is 65.3 Å². The maximum Gasteiger partial charge on any atom is 0.271 e. The first-order valence-corrected chi connectivity index (χ1v) is 6.45. The fourth-order valence-electron chi connectivity index (χ4n) is 1.27. The quantitative estimate of drug-likeness (QED) is 0.577. The maximum atomic E-state index is 10.6. The molecule has 0 saturated carbocycles. The van der Waals surface area contributed by atoms with E-state index in [9.17, 15) is 10.1 Å². The number of nitrogens with zero attached hydrogens (tertiary/aromatic N) is 2. The Morgan fingerprint density at radius 1 is 1.26 bits per heavy atom. The minimum absolute atomic E-state index is 0.106. The van der Waals surface area contributed by atoms with E-state index in [1.807, 2.05) is 0 Å². The predicted molar refractivity (Wildman–Crippen MR) is 75.1 cm³/mol. The number of benzene rings is 1. The molecule has 0 saturated heterocycles. The number of hydrogen-bond acceptors (Lipinski definition) is 4. The SMILES string of the molecule is O=[N+]([O-])c1ccc(Oc2ncc(Br)cc2Cl)c(Cl)c1. The summed E-state index contributed by atoms with van der Waals surface area (Å²) in [7, 11) is 0. The van der Waals surface area contributed by atoms with Crippen LogP contribution >= 0.6 is 39.1 Å². The first-order chi connectivity index (χ1) is 8.97. The minimum atomic E-state index is -0.541. The summed E-state index contributed by atoms with van der Waals surface area (Å²) < 4.78 is 6.12. The molecule has 0 atom stereocenters.